The van der Waals surface area contributed by atoms with Crippen LogP contribution >= 0.6 is 0 Å². The first-order chi connectivity index (χ1) is 6.53. The van der Waals surface area contributed by atoms with E-state index in [2.05, 4.69) is 5.32 Å². The normalized spacial score (nSPS) is 23.4. The van der Waals surface area contributed by atoms with Crippen LogP contribution in [-0.2, 0) is 14.6 Å². The monoisotopic (exact) mass is 219 g/mol. The second-order valence-electron chi connectivity index (χ2n) is 3.04. The standard InChI is InChI=1S/C8H13NO4S/c1-2-4-13-8(10)9-7-3-5-14(11,12)6-7/h3,5,7H,2,4,6H2,1H3,(H,9,10)/t7-/m1/s1. The van der Waals surface area contributed by atoms with Crippen molar-refractivity contribution in [3.05, 3.63) is 11.5 Å². The minimum absolute atomic E-state index is 0.0752. The molecule has 0 aromatic carbocycles. The maximum atomic E-state index is 11.0. The summed E-state index contributed by atoms with van der Waals surface area (Å²) >= 11 is 0. The van der Waals surface area contributed by atoms with Gasteiger partial charge in [-0.2, -0.15) is 0 Å². The van der Waals surface area contributed by atoms with Crippen molar-refractivity contribution in [2.45, 2.75) is 19.4 Å². The Hall–Kier alpha value is -1.04. The molecule has 0 saturated heterocycles. The molecule has 1 heterocycles. The minimum atomic E-state index is -3.11. The summed E-state index contributed by atoms with van der Waals surface area (Å²) < 4.78 is 26.7. The highest BCUT2D eigenvalue weighted by Gasteiger charge is 2.23. The van der Waals surface area contributed by atoms with Crippen LogP contribution in [0.5, 0.6) is 0 Å². The second kappa shape index (κ2) is 4.45. The molecule has 0 fully saturated rings. The maximum Gasteiger partial charge on any atom is 0.407 e. The van der Waals surface area contributed by atoms with Crippen molar-refractivity contribution in [1.29, 1.82) is 0 Å². The summed E-state index contributed by atoms with van der Waals surface area (Å²) in [6, 6.07) is -0.454. The third-order valence-corrected chi connectivity index (χ3v) is 3.07. The van der Waals surface area contributed by atoms with E-state index in [4.69, 9.17) is 4.74 Å². The molecule has 0 radical (unpaired) electrons. The summed E-state index contributed by atoms with van der Waals surface area (Å²) in [5.41, 5.74) is 0. The van der Waals surface area contributed by atoms with E-state index in [0.29, 0.717) is 6.61 Å². The molecule has 1 rings (SSSR count). The van der Waals surface area contributed by atoms with Crippen LogP contribution in [0.4, 0.5) is 4.79 Å². The van der Waals surface area contributed by atoms with Crippen LogP contribution in [0.15, 0.2) is 11.5 Å². The molecule has 80 valence electrons. The Labute approximate surface area is 83.0 Å². The summed E-state index contributed by atoms with van der Waals surface area (Å²) in [5, 5.41) is 3.55. The molecule has 1 N–H and O–H groups in total. The topological polar surface area (TPSA) is 72.5 Å². The summed E-state index contributed by atoms with van der Waals surface area (Å²) in [7, 11) is -3.11. The van der Waals surface area contributed by atoms with Crippen molar-refractivity contribution in [3.8, 4) is 0 Å². The Morgan fingerprint density at radius 2 is 2.36 bits per heavy atom. The van der Waals surface area contributed by atoms with Gasteiger partial charge in [0.25, 0.3) is 0 Å². The summed E-state index contributed by atoms with van der Waals surface area (Å²) in [6.07, 6.45) is 1.62. The SMILES string of the molecule is CCCOC(=O)N[C@@H]1C=CS(=O)(=O)C1. The molecular weight excluding hydrogens is 206 g/mol. The van der Waals surface area contributed by atoms with Crippen LogP contribution < -0.4 is 5.32 Å². The Bertz CT molecular complexity index is 333. The van der Waals surface area contributed by atoms with Gasteiger partial charge in [0.15, 0.2) is 9.84 Å². The van der Waals surface area contributed by atoms with Gasteiger partial charge in [0.05, 0.1) is 18.4 Å². The fourth-order valence-corrected chi connectivity index (χ4v) is 2.29. The van der Waals surface area contributed by atoms with Gasteiger partial charge in [0.2, 0.25) is 0 Å². The first-order valence-corrected chi connectivity index (χ1v) is 6.09. The van der Waals surface area contributed by atoms with Gasteiger partial charge in [-0.05, 0) is 12.5 Å². The highest BCUT2D eigenvalue weighted by molar-refractivity contribution is 7.94. The lowest BCUT2D eigenvalue weighted by Gasteiger charge is -2.09. The van der Waals surface area contributed by atoms with E-state index in [-0.39, 0.29) is 5.75 Å². The van der Waals surface area contributed by atoms with E-state index in [1.807, 2.05) is 6.92 Å². The molecule has 6 heteroatoms. The lowest BCUT2D eigenvalue weighted by atomic mass is 10.3. The number of hydrogen-bond acceptors (Lipinski definition) is 4. The van der Waals surface area contributed by atoms with E-state index < -0.39 is 22.0 Å². The number of carbonyl (C=O) groups excluding carboxylic acids is 1. The third-order valence-electron chi connectivity index (χ3n) is 1.67. The van der Waals surface area contributed by atoms with Gasteiger partial charge in [0, 0.05) is 5.41 Å². The maximum absolute atomic E-state index is 11.0. The summed E-state index contributed by atoms with van der Waals surface area (Å²) in [5.74, 6) is -0.0752. The number of ether oxygens (including phenoxy) is 1. The van der Waals surface area contributed by atoms with Crippen molar-refractivity contribution in [2.24, 2.45) is 0 Å². The molecular formula is C8H13NO4S. The highest BCUT2D eigenvalue weighted by Crippen LogP contribution is 2.07. The highest BCUT2D eigenvalue weighted by atomic mass is 32.2. The van der Waals surface area contributed by atoms with E-state index in [1.54, 1.807) is 0 Å². The third kappa shape index (κ3) is 3.37. The van der Waals surface area contributed by atoms with Gasteiger partial charge in [0.1, 0.15) is 0 Å². The van der Waals surface area contributed by atoms with E-state index in [1.165, 1.54) is 6.08 Å². The number of nitrogens with one attached hydrogen (secondary N) is 1. The molecule has 14 heavy (non-hydrogen) atoms. The van der Waals surface area contributed by atoms with Gasteiger partial charge in [-0.3, -0.25) is 0 Å². The molecule has 1 aliphatic heterocycles. The number of sulfone groups is 1. The first kappa shape index (κ1) is 11.0. The number of alkyl carbamates (subject to hydrolysis) is 1. The van der Waals surface area contributed by atoms with Crippen molar-refractivity contribution < 1.29 is 17.9 Å². The van der Waals surface area contributed by atoms with Gasteiger partial charge in [-0.1, -0.05) is 6.92 Å². The average Bonchev–Trinajstić information content (AvgIpc) is 2.42. The number of carbonyl (C=O) groups is 1. The smallest absolute Gasteiger partial charge is 0.407 e. The molecule has 1 aliphatic rings. The zero-order valence-electron chi connectivity index (χ0n) is 7.89. The first-order valence-electron chi connectivity index (χ1n) is 4.38. The second-order valence-corrected chi connectivity index (χ2v) is 4.98. The fourth-order valence-electron chi connectivity index (χ4n) is 1.05. The van der Waals surface area contributed by atoms with Gasteiger partial charge < -0.3 is 10.1 Å². The van der Waals surface area contributed by atoms with Crippen LogP contribution in [0.3, 0.4) is 0 Å². The van der Waals surface area contributed by atoms with Crippen LogP contribution in [-0.4, -0.2) is 32.9 Å². The van der Waals surface area contributed by atoms with Crippen LogP contribution in [0.1, 0.15) is 13.3 Å². The van der Waals surface area contributed by atoms with E-state index in [9.17, 15) is 13.2 Å². The van der Waals surface area contributed by atoms with Crippen LogP contribution in [0.25, 0.3) is 0 Å². The molecule has 0 aromatic rings. The Balaban J connectivity index is 2.34. The largest absolute Gasteiger partial charge is 0.450 e. The van der Waals surface area contributed by atoms with Crippen molar-refractivity contribution >= 4 is 15.9 Å². The van der Waals surface area contributed by atoms with E-state index in [0.717, 1.165) is 11.8 Å². The van der Waals surface area contributed by atoms with Gasteiger partial charge >= 0.3 is 6.09 Å². The van der Waals surface area contributed by atoms with Crippen molar-refractivity contribution in [2.75, 3.05) is 12.4 Å². The summed E-state index contributed by atoms with van der Waals surface area (Å²) in [4.78, 5) is 11.0. The molecule has 1 atom stereocenters. The molecule has 0 aromatic heterocycles. The molecule has 5 nitrogen and oxygen atoms in total. The number of hydrogen-bond donors (Lipinski definition) is 1. The van der Waals surface area contributed by atoms with Gasteiger partial charge in [-0.15, -0.1) is 0 Å². The predicted molar refractivity (Wildman–Crippen MR) is 51.5 cm³/mol. The average molecular weight is 219 g/mol. The molecule has 0 aliphatic carbocycles. The lowest BCUT2D eigenvalue weighted by molar-refractivity contribution is 0.145. The van der Waals surface area contributed by atoms with Gasteiger partial charge in [-0.25, -0.2) is 13.2 Å². The number of amides is 1. The quantitative estimate of drug-likeness (QED) is 0.747. The van der Waals surface area contributed by atoms with Crippen LogP contribution in [0, 0.1) is 0 Å². The zero-order chi connectivity index (χ0) is 10.6. The fraction of sp³-hybridized carbons (Fsp3) is 0.625. The molecule has 1 amide bonds. The molecule has 0 spiro atoms. The summed E-state index contributed by atoms with van der Waals surface area (Å²) in [6.45, 7) is 2.22. The van der Waals surface area contributed by atoms with Crippen LogP contribution in [0.2, 0.25) is 0 Å². The Kier molecular flexibility index (Phi) is 3.51. The number of rotatable bonds is 3. The van der Waals surface area contributed by atoms with Crippen molar-refractivity contribution in [1.82, 2.24) is 5.32 Å². The Morgan fingerprint density at radius 1 is 1.64 bits per heavy atom. The minimum Gasteiger partial charge on any atom is -0.450 e. The Morgan fingerprint density at radius 3 is 2.86 bits per heavy atom. The van der Waals surface area contributed by atoms with E-state index >= 15 is 0 Å². The zero-order valence-corrected chi connectivity index (χ0v) is 8.71. The molecule has 0 bridgehead atoms. The molecule has 0 saturated carbocycles. The molecule has 0 unspecified atom stereocenters. The lowest BCUT2D eigenvalue weighted by Crippen LogP contribution is -2.35. The van der Waals surface area contributed by atoms with Crippen molar-refractivity contribution in [3.63, 3.8) is 0 Å². The predicted octanol–water partition coefficient (Wildman–Crippen LogP) is 0.433.